The van der Waals surface area contributed by atoms with Gasteiger partial charge in [-0.2, -0.15) is 0 Å². The number of nitro benzene ring substituents is 1. The van der Waals surface area contributed by atoms with Crippen LogP contribution in [0.4, 0.5) is 27.0 Å². The Labute approximate surface area is 164 Å². The molecule has 1 aliphatic rings. The fraction of sp³-hybridized carbons (Fsp3) is 0.222. The third kappa shape index (κ3) is 4.02. The van der Waals surface area contributed by atoms with E-state index in [0.717, 1.165) is 28.4 Å². The van der Waals surface area contributed by atoms with Crippen LogP contribution < -0.4 is 15.5 Å². The van der Waals surface area contributed by atoms with Crippen LogP contribution >= 0.6 is 11.3 Å². The molecule has 2 heterocycles. The Bertz CT molecular complexity index is 1010. The monoisotopic (exact) mass is 399 g/mol. The Morgan fingerprint density at radius 3 is 2.50 bits per heavy atom. The second kappa shape index (κ2) is 7.79. The Kier molecular flexibility index (Phi) is 5.04. The number of nitrogens with zero attached hydrogens (tertiary/aromatic N) is 3. The van der Waals surface area contributed by atoms with Gasteiger partial charge in [0, 0.05) is 36.6 Å². The second-order valence-electron chi connectivity index (χ2n) is 6.16. The Balaban J connectivity index is 1.43. The lowest BCUT2D eigenvalue weighted by molar-refractivity contribution is -0.384. The van der Waals surface area contributed by atoms with E-state index in [0.29, 0.717) is 24.6 Å². The first-order valence-electron chi connectivity index (χ1n) is 8.64. The average Bonchev–Trinajstić information content (AvgIpc) is 3.12. The molecule has 28 heavy (non-hydrogen) atoms. The molecule has 144 valence electrons. The number of anilines is 3. The first-order chi connectivity index (χ1) is 13.6. The highest BCUT2D eigenvalue weighted by Gasteiger charge is 2.16. The molecule has 3 aromatic rings. The van der Waals surface area contributed by atoms with Gasteiger partial charge < -0.3 is 20.3 Å². The van der Waals surface area contributed by atoms with E-state index in [2.05, 4.69) is 20.5 Å². The maximum absolute atomic E-state index is 12.2. The highest BCUT2D eigenvalue weighted by atomic mass is 32.1. The van der Waals surface area contributed by atoms with Gasteiger partial charge in [0.2, 0.25) is 0 Å². The maximum Gasteiger partial charge on any atom is 0.323 e. The van der Waals surface area contributed by atoms with Gasteiger partial charge in [0.25, 0.3) is 5.69 Å². The zero-order valence-electron chi connectivity index (χ0n) is 14.8. The minimum absolute atomic E-state index is 0.0299. The number of nitro groups is 1. The molecule has 2 aromatic carbocycles. The first kappa shape index (κ1) is 18.1. The predicted octanol–water partition coefficient (Wildman–Crippen LogP) is 3.69. The van der Waals surface area contributed by atoms with Gasteiger partial charge in [0.05, 0.1) is 28.4 Å². The molecule has 0 atom stereocenters. The number of urea groups is 1. The van der Waals surface area contributed by atoms with Crippen LogP contribution in [0.2, 0.25) is 0 Å². The number of fused-ring (bicyclic) bond motifs is 1. The zero-order valence-corrected chi connectivity index (χ0v) is 15.6. The molecule has 1 aromatic heterocycles. The summed E-state index contributed by atoms with van der Waals surface area (Å²) >= 11 is 1.58. The van der Waals surface area contributed by atoms with Crippen molar-refractivity contribution in [2.24, 2.45) is 0 Å². The second-order valence-corrected chi connectivity index (χ2v) is 7.17. The summed E-state index contributed by atoms with van der Waals surface area (Å²) in [5.41, 5.74) is 1.96. The van der Waals surface area contributed by atoms with Crippen molar-refractivity contribution < 1.29 is 14.5 Å². The third-order valence-corrected chi connectivity index (χ3v) is 5.33. The molecule has 0 radical (unpaired) electrons. The summed E-state index contributed by atoms with van der Waals surface area (Å²) in [5.74, 6) is 0. The SMILES string of the molecule is O=C(Nc1ccc([N+](=O)[O-])cc1)Nc1ccc2nc(N3CCOCC3)sc2c1. The molecule has 2 amide bonds. The van der Waals surface area contributed by atoms with Gasteiger partial charge >= 0.3 is 6.03 Å². The van der Waals surface area contributed by atoms with E-state index in [4.69, 9.17) is 4.74 Å². The molecule has 0 unspecified atom stereocenters. The summed E-state index contributed by atoms with van der Waals surface area (Å²) in [5, 5.41) is 17.1. The number of hydrogen-bond donors (Lipinski definition) is 2. The minimum Gasteiger partial charge on any atom is -0.378 e. The van der Waals surface area contributed by atoms with Crippen molar-refractivity contribution in [3.63, 3.8) is 0 Å². The summed E-state index contributed by atoms with van der Waals surface area (Å²) in [6.07, 6.45) is 0. The quantitative estimate of drug-likeness (QED) is 0.511. The topological polar surface area (TPSA) is 110 Å². The van der Waals surface area contributed by atoms with Crippen molar-refractivity contribution in [1.82, 2.24) is 4.98 Å². The van der Waals surface area contributed by atoms with Gasteiger partial charge in [-0.1, -0.05) is 11.3 Å². The van der Waals surface area contributed by atoms with Gasteiger partial charge in [0.15, 0.2) is 5.13 Å². The van der Waals surface area contributed by atoms with Crippen molar-refractivity contribution in [3.05, 3.63) is 52.6 Å². The number of nitrogens with one attached hydrogen (secondary N) is 2. The van der Waals surface area contributed by atoms with Crippen LogP contribution in [0.1, 0.15) is 0 Å². The molecule has 1 saturated heterocycles. The summed E-state index contributed by atoms with van der Waals surface area (Å²) in [7, 11) is 0. The van der Waals surface area contributed by atoms with E-state index < -0.39 is 11.0 Å². The number of ether oxygens (including phenoxy) is 1. The summed E-state index contributed by atoms with van der Waals surface area (Å²) in [6, 6.07) is 10.8. The zero-order chi connectivity index (χ0) is 19.5. The Hall–Kier alpha value is -3.24. The van der Waals surface area contributed by atoms with Crippen molar-refractivity contribution in [2.75, 3.05) is 41.8 Å². The number of benzene rings is 2. The molecule has 0 bridgehead atoms. The number of carbonyl (C=O) groups is 1. The molecule has 0 saturated carbocycles. The number of carbonyl (C=O) groups excluding carboxylic acids is 1. The van der Waals surface area contributed by atoms with Crippen molar-refractivity contribution >= 4 is 49.8 Å². The number of non-ortho nitro benzene ring substituents is 1. The molecular formula is C18H17N5O4S. The minimum atomic E-state index is -0.487. The van der Waals surface area contributed by atoms with E-state index in [9.17, 15) is 14.9 Å². The Morgan fingerprint density at radius 2 is 1.79 bits per heavy atom. The maximum atomic E-state index is 12.2. The number of rotatable bonds is 4. The molecule has 1 fully saturated rings. The average molecular weight is 399 g/mol. The van der Waals surface area contributed by atoms with Crippen LogP contribution in [0.25, 0.3) is 10.2 Å². The largest absolute Gasteiger partial charge is 0.378 e. The van der Waals surface area contributed by atoms with E-state index in [1.807, 2.05) is 12.1 Å². The number of amides is 2. The van der Waals surface area contributed by atoms with Gasteiger partial charge in [-0.15, -0.1) is 0 Å². The summed E-state index contributed by atoms with van der Waals surface area (Å²) in [6.45, 7) is 3.04. The molecule has 4 rings (SSSR count). The molecule has 1 aliphatic heterocycles. The summed E-state index contributed by atoms with van der Waals surface area (Å²) in [4.78, 5) is 29.2. The van der Waals surface area contributed by atoms with Crippen LogP contribution in [0.3, 0.4) is 0 Å². The van der Waals surface area contributed by atoms with Gasteiger partial charge in [-0.3, -0.25) is 10.1 Å². The fourth-order valence-corrected chi connectivity index (χ4v) is 3.90. The number of morpholine rings is 1. The molecule has 9 nitrogen and oxygen atoms in total. The molecule has 10 heteroatoms. The van der Waals surface area contributed by atoms with Crippen LogP contribution in [-0.2, 0) is 4.74 Å². The Morgan fingerprint density at radius 1 is 1.11 bits per heavy atom. The van der Waals surface area contributed by atoms with Crippen molar-refractivity contribution in [2.45, 2.75) is 0 Å². The van der Waals surface area contributed by atoms with Gasteiger partial charge in [-0.25, -0.2) is 9.78 Å². The highest BCUT2D eigenvalue weighted by Crippen LogP contribution is 2.31. The van der Waals surface area contributed by atoms with Crippen molar-refractivity contribution in [1.29, 1.82) is 0 Å². The first-order valence-corrected chi connectivity index (χ1v) is 9.46. The lowest BCUT2D eigenvalue weighted by atomic mass is 10.3. The smallest absolute Gasteiger partial charge is 0.323 e. The lowest BCUT2D eigenvalue weighted by Gasteiger charge is -2.25. The highest BCUT2D eigenvalue weighted by molar-refractivity contribution is 7.22. The number of aromatic nitrogens is 1. The van der Waals surface area contributed by atoms with E-state index >= 15 is 0 Å². The van der Waals surface area contributed by atoms with Crippen LogP contribution in [0.15, 0.2) is 42.5 Å². The molecule has 0 aliphatic carbocycles. The molecule has 0 spiro atoms. The fourth-order valence-electron chi connectivity index (χ4n) is 2.84. The van der Waals surface area contributed by atoms with Crippen molar-refractivity contribution in [3.8, 4) is 0 Å². The molecular weight excluding hydrogens is 382 g/mol. The number of hydrogen-bond acceptors (Lipinski definition) is 7. The normalized spacial score (nSPS) is 14.1. The van der Waals surface area contributed by atoms with Crippen LogP contribution in [0.5, 0.6) is 0 Å². The van der Waals surface area contributed by atoms with Gasteiger partial charge in [0.1, 0.15) is 0 Å². The van der Waals surface area contributed by atoms with E-state index in [-0.39, 0.29) is 5.69 Å². The third-order valence-electron chi connectivity index (χ3n) is 4.25. The lowest BCUT2D eigenvalue weighted by Crippen LogP contribution is -2.36. The van der Waals surface area contributed by atoms with Crippen LogP contribution in [0, 0.1) is 10.1 Å². The summed E-state index contributed by atoms with van der Waals surface area (Å²) < 4.78 is 6.35. The molecule has 2 N–H and O–H groups in total. The van der Waals surface area contributed by atoms with E-state index in [1.165, 1.54) is 24.3 Å². The predicted molar refractivity (Wildman–Crippen MR) is 108 cm³/mol. The van der Waals surface area contributed by atoms with Crippen LogP contribution in [-0.4, -0.2) is 42.2 Å². The van der Waals surface area contributed by atoms with Gasteiger partial charge in [-0.05, 0) is 30.3 Å². The standard InChI is InChI=1S/C18H17N5O4S/c24-17(19-12-1-4-14(5-2-12)23(25)26)20-13-3-6-15-16(11-13)28-18(21-15)22-7-9-27-10-8-22/h1-6,11H,7-10H2,(H2,19,20,24). The number of thiazole rings is 1. The van der Waals surface area contributed by atoms with E-state index in [1.54, 1.807) is 17.4 Å².